The normalized spacial score (nSPS) is 12.3. The first kappa shape index (κ1) is 16.7. The highest BCUT2D eigenvalue weighted by molar-refractivity contribution is 9.09. The molecule has 0 aliphatic carbocycles. The molecule has 1 aromatic heterocycles. The van der Waals surface area contributed by atoms with E-state index >= 15 is 0 Å². The van der Waals surface area contributed by atoms with Gasteiger partial charge in [0.05, 0.1) is 0 Å². The molecular formula is C12H22BrN3O2S. The van der Waals surface area contributed by atoms with Crippen LogP contribution in [0.1, 0.15) is 32.5 Å². The summed E-state index contributed by atoms with van der Waals surface area (Å²) in [6.45, 7) is 7.52. The summed E-state index contributed by atoms with van der Waals surface area (Å²) in [7, 11) is -3.46. The molecular weight excluding hydrogens is 330 g/mol. The van der Waals surface area contributed by atoms with Gasteiger partial charge in [0.25, 0.3) is 10.0 Å². The topological polar surface area (TPSA) is 55.2 Å². The predicted molar refractivity (Wildman–Crippen MR) is 80.1 cm³/mol. The van der Waals surface area contributed by atoms with Crippen molar-refractivity contribution in [3.05, 3.63) is 12.0 Å². The highest BCUT2D eigenvalue weighted by atomic mass is 79.9. The highest BCUT2D eigenvalue weighted by Gasteiger charge is 2.25. The maximum atomic E-state index is 12.5. The molecule has 0 aliphatic heterocycles. The number of alkyl halides is 1. The van der Waals surface area contributed by atoms with Crippen LogP contribution >= 0.6 is 15.9 Å². The summed E-state index contributed by atoms with van der Waals surface area (Å²) in [4.78, 5) is 4.20. The molecule has 0 spiro atoms. The van der Waals surface area contributed by atoms with Crippen LogP contribution in [0.3, 0.4) is 0 Å². The van der Waals surface area contributed by atoms with E-state index in [1.807, 2.05) is 18.4 Å². The molecule has 0 saturated heterocycles. The molecule has 0 aromatic carbocycles. The molecule has 0 saturated carbocycles. The van der Waals surface area contributed by atoms with Gasteiger partial charge in [0.1, 0.15) is 5.82 Å². The minimum Gasteiger partial charge on any atom is -0.334 e. The second kappa shape index (κ2) is 7.40. The molecule has 0 radical (unpaired) electrons. The molecule has 1 aromatic rings. The van der Waals surface area contributed by atoms with Crippen LogP contribution in [-0.4, -0.2) is 40.7 Å². The average Bonchev–Trinajstić information content (AvgIpc) is 2.73. The van der Waals surface area contributed by atoms with Gasteiger partial charge in [0, 0.05) is 31.2 Å². The molecule has 0 N–H and O–H groups in total. The zero-order valence-electron chi connectivity index (χ0n) is 11.8. The Bertz CT molecular complexity index is 499. The van der Waals surface area contributed by atoms with Crippen molar-refractivity contribution in [3.63, 3.8) is 0 Å². The van der Waals surface area contributed by atoms with Gasteiger partial charge in [0.15, 0.2) is 5.03 Å². The Morgan fingerprint density at radius 2 is 2.11 bits per heavy atom. The van der Waals surface area contributed by atoms with Crippen molar-refractivity contribution in [1.29, 1.82) is 0 Å². The van der Waals surface area contributed by atoms with Gasteiger partial charge in [-0.3, -0.25) is 0 Å². The number of imidazole rings is 1. The van der Waals surface area contributed by atoms with Crippen LogP contribution < -0.4 is 0 Å². The first-order chi connectivity index (χ1) is 8.97. The van der Waals surface area contributed by atoms with E-state index in [9.17, 15) is 8.42 Å². The molecule has 0 bridgehead atoms. The fourth-order valence-corrected chi connectivity index (χ4v) is 3.62. The van der Waals surface area contributed by atoms with Gasteiger partial charge in [0.2, 0.25) is 0 Å². The third kappa shape index (κ3) is 4.03. The zero-order chi connectivity index (χ0) is 14.5. The van der Waals surface area contributed by atoms with Gasteiger partial charge in [-0.15, -0.1) is 0 Å². The number of nitrogens with zero attached hydrogens (tertiary/aromatic N) is 3. The summed E-state index contributed by atoms with van der Waals surface area (Å²) < 4.78 is 28.3. The van der Waals surface area contributed by atoms with Crippen LogP contribution in [0, 0.1) is 6.92 Å². The number of hydrogen-bond donors (Lipinski definition) is 0. The zero-order valence-corrected chi connectivity index (χ0v) is 14.2. The second-order valence-corrected chi connectivity index (χ2v) is 7.04. The van der Waals surface area contributed by atoms with Crippen LogP contribution in [0.15, 0.2) is 11.2 Å². The Kier molecular flexibility index (Phi) is 6.49. The van der Waals surface area contributed by atoms with Crippen LogP contribution in [0.2, 0.25) is 0 Å². The van der Waals surface area contributed by atoms with Crippen LogP contribution in [-0.2, 0) is 16.6 Å². The van der Waals surface area contributed by atoms with Crippen LogP contribution in [0.5, 0.6) is 0 Å². The van der Waals surface area contributed by atoms with Gasteiger partial charge >= 0.3 is 0 Å². The van der Waals surface area contributed by atoms with Crippen LogP contribution in [0.25, 0.3) is 0 Å². The summed E-state index contributed by atoms with van der Waals surface area (Å²) in [6.07, 6.45) is 3.39. The molecule has 19 heavy (non-hydrogen) atoms. The maximum Gasteiger partial charge on any atom is 0.262 e. The van der Waals surface area contributed by atoms with Crippen molar-refractivity contribution < 1.29 is 8.42 Å². The summed E-state index contributed by atoms with van der Waals surface area (Å²) in [5.74, 6) is 0.747. The van der Waals surface area contributed by atoms with Gasteiger partial charge in [-0.2, -0.15) is 4.31 Å². The Labute approximate surface area is 124 Å². The van der Waals surface area contributed by atoms with Crippen molar-refractivity contribution in [3.8, 4) is 0 Å². The number of rotatable bonds is 8. The third-order valence-corrected chi connectivity index (χ3v) is 5.32. The fraction of sp³-hybridized carbons (Fsp3) is 0.750. The average molecular weight is 352 g/mol. The Morgan fingerprint density at radius 3 is 2.63 bits per heavy atom. The lowest BCUT2D eigenvalue weighted by atomic mass is 10.5. The number of aromatic nitrogens is 2. The highest BCUT2D eigenvalue weighted by Crippen LogP contribution is 2.16. The molecule has 5 nitrogen and oxygen atoms in total. The van der Waals surface area contributed by atoms with E-state index in [1.165, 1.54) is 4.31 Å². The molecule has 0 amide bonds. The van der Waals surface area contributed by atoms with Crippen molar-refractivity contribution in [2.75, 3.05) is 18.4 Å². The van der Waals surface area contributed by atoms with Gasteiger partial charge in [-0.05, 0) is 19.8 Å². The van der Waals surface area contributed by atoms with Gasteiger partial charge < -0.3 is 4.57 Å². The lowest BCUT2D eigenvalue weighted by Crippen LogP contribution is -2.32. The summed E-state index contributed by atoms with van der Waals surface area (Å²) >= 11 is 3.33. The molecule has 0 aliphatic rings. The molecule has 110 valence electrons. The molecule has 7 heteroatoms. The maximum absolute atomic E-state index is 12.5. The van der Waals surface area contributed by atoms with Gasteiger partial charge in [-0.25, -0.2) is 13.4 Å². The standard InChI is InChI=1S/C12H22BrN3O2S/c1-4-8-15-10-12(14-11(15)3)19(17,18)16(5-2)9-6-7-13/h10H,4-9H2,1-3H3. The molecule has 1 heterocycles. The molecule has 0 fully saturated rings. The lowest BCUT2D eigenvalue weighted by molar-refractivity contribution is 0.426. The SMILES string of the molecule is CCCn1cc(S(=O)(=O)N(CC)CCCBr)nc1C. The summed E-state index contributed by atoms with van der Waals surface area (Å²) in [5.41, 5.74) is 0. The predicted octanol–water partition coefficient (Wildman–Crippen LogP) is 2.40. The van der Waals surface area contributed by atoms with Crippen LogP contribution in [0.4, 0.5) is 0 Å². The van der Waals surface area contributed by atoms with E-state index < -0.39 is 10.0 Å². The van der Waals surface area contributed by atoms with E-state index in [2.05, 4.69) is 27.8 Å². The number of aryl methyl sites for hydroxylation is 2. The van der Waals surface area contributed by atoms with E-state index in [-0.39, 0.29) is 5.03 Å². The smallest absolute Gasteiger partial charge is 0.262 e. The minimum absolute atomic E-state index is 0.162. The first-order valence-electron chi connectivity index (χ1n) is 6.57. The molecule has 0 atom stereocenters. The quantitative estimate of drug-likeness (QED) is 0.675. The lowest BCUT2D eigenvalue weighted by Gasteiger charge is -2.18. The Hall–Kier alpha value is -0.400. The Balaban J connectivity index is 3.01. The monoisotopic (exact) mass is 351 g/mol. The van der Waals surface area contributed by atoms with Crippen molar-refractivity contribution in [1.82, 2.24) is 13.9 Å². The first-order valence-corrected chi connectivity index (χ1v) is 9.13. The van der Waals surface area contributed by atoms with Crippen molar-refractivity contribution in [2.45, 2.75) is 45.2 Å². The number of halogens is 1. The van der Waals surface area contributed by atoms with Crippen molar-refractivity contribution in [2.24, 2.45) is 0 Å². The van der Waals surface area contributed by atoms with E-state index in [0.29, 0.717) is 13.1 Å². The Morgan fingerprint density at radius 1 is 1.42 bits per heavy atom. The van der Waals surface area contributed by atoms with Gasteiger partial charge in [-0.1, -0.05) is 29.8 Å². The second-order valence-electron chi connectivity index (χ2n) is 4.36. The third-order valence-electron chi connectivity index (χ3n) is 2.92. The van der Waals surface area contributed by atoms with E-state index in [4.69, 9.17) is 0 Å². The minimum atomic E-state index is -3.46. The molecule has 1 rings (SSSR count). The largest absolute Gasteiger partial charge is 0.334 e. The molecule has 0 unspecified atom stereocenters. The fourth-order valence-electron chi connectivity index (χ4n) is 1.89. The summed E-state index contributed by atoms with van der Waals surface area (Å²) in [5, 5.41) is 0.956. The van der Waals surface area contributed by atoms with Crippen molar-refractivity contribution >= 4 is 26.0 Å². The number of sulfonamides is 1. The number of hydrogen-bond acceptors (Lipinski definition) is 3. The van der Waals surface area contributed by atoms with E-state index in [0.717, 1.165) is 30.5 Å². The van der Waals surface area contributed by atoms with E-state index in [1.54, 1.807) is 6.20 Å². The summed E-state index contributed by atoms with van der Waals surface area (Å²) in [6, 6.07) is 0.